The standard InChI is InChI=1S/C11H12FNO2/c1-7-2-3-8(6-9(7)12)11(15)10(14)4-5-13/h2-3,6,10-11,14-15H,4H2,1H3. The van der Waals surface area contributed by atoms with Crippen LogP contribution in [0, 0.1) is 24.1 Å². The molecule has 1 aromatic rings. The summed E-state index contributed by atoms with van der Waals surface area (Å²) in [6.07, 6.45) is -2.59. The Morgan fingerprint density at radius 1 is 1.47 bits per heavy atom. The number of benzene rings is 1. The quantitative estimate of drug-likeness (QED) is 0.791. The highest BCUT2D eigenvalue weighted by Crippen LogP contribution is 2.20. The molecule has 15 heavy (non-hydrogen) atoms. The van der Waals surface area contributed by atoms with Gasteiger partial charge in [-0.3, -0.25) is 0 Å². The molecular weight excluding hydrogens is 197 g/mol. The van der Waals surface area contributed by atoms with Gasteiger partial charge in [-0.1, -0.05) is 12.1 Å². The van der Waals surface area contributed by atoms with Crippen molar-refractivity contribution in [2.24, 2.45) is 0 Å². The first-order valence-corrected chi connectivity index (χ1v) is 4.55. The molecule has 4 heteroatoms. The maximum Gasteiger partial charge on any atom is 0.126 e. The molecule has 0 bridgehead atoms. The van der Waals surface area contributed by atoms with Crippen molar-refractivity contribution in [3.63, 3.8) is 0 Å². The third-order valence-electron chi connectivity index (χ3n) is 2.20. The summed E-state index contributed by atoms with van der Waals surface area (Å²) in [5.41, 5.74) is 0.751. The first kappa shape index (κ1) is 11.6. The molecule has 0 aliphatic rings. The molecule has 0 saturated carbocycles. The van der Waals surface area contributed by atoms with Crippen LogP contribution in [0.15, 0.2) is 18.2 Å². The molecular formula is C11H12FNO2. The Hall–Kier alpha value is -1.44. The topological polar surface area (TPSA) is 64.2 Å². The van der Waals surface area contributed by atoms with E-state index in [4.69, 9.17) is 5.26 Å². The monoisotopic (exact) mass is 209 g/mol. The van der Waals surface area contributed by atoms with Crippen LogP contribution < -0.4 is 0 Å². The lowest BCUT2D eigenvalue weighted by Gasteiger charge is -2.15. The molecule has 0 aliphatic carbocycles. The lowest BCUT2D eigenvalue weighted by molar-refractivity contribution is 0.0214. The maximum atomic E-state index is 13.1. The second kappa shape index (κ2) is 4.87. The van der Waals surface area contributed by atoms with Gasteiger partial charge in [-0.25, -0.2) is 4.39 Å². The molecule has 0 saturated heterocycles. The molecule has 0 radical (unpaired) electrons. The summed E-state index contributed by atoms with van der Waals surface area (Å²) >= 11 is 0. The Morgan fingerprint density at radius 2 is 2.13 bits per heavy atom. The lowest BCUT2D eigenvalue weighted by atomic mass is 10.0. The van der Waals surface area contributed by atoms with Crippen LogP contribution in [-0.2, 0) is 0 Å². The highest BCUT2D eigenvalue weighted by Gasteiger charge is 2.18. The van der Waals surface area contributed by atoms with Crippen molar-refractivity contribution < 1.29 is 14.6 Å². The summed E-state index contributed by atoms with van der Waals surface area (Å²) in [5, 5.41) is 27.2. The van der Waals surface area contributed by atoms with Crippen molar-refractivity contribution in [2.75, 3.05) is 0 Å². The summed E-state index contributed by atoms with van der Waals surface area (Å²) in [4.78, 5) is 0. The minimum Gasteiger partial charge on any atom is -0.389 e. The normalized spacial score (nSPS) is 14.3. The Labute approximate surface area is 87.4 Å². The molecule has 2 unspecified atom stereocenters. The second-order valence-corrected chi connectivity index (χ2v) is 3.38. The van der Waals surface area contributed by atoms with E-state index in [1.165, 1.54) is 18.2 Å². The fraction of sp³-hybridized carbons (Fsp3) is 0.364. The zero-order chi connectivity index (χ0) is 11.4. The van der Waals surface area contributed by atoms with Crippen LogP contribution in [0.4, 0.5) is 4.39 Å². The predicted molar refractivity (Wildman–Crippen MR) is 52.3 cm³/mol. The van der Waals surface area contributed by atoms with E-state index in [0.717, 1.165) is 0 Å². The molecule has 2 atom stereocenters. The Bertz CT molecular complexity index is 387. The van der Waals surface area contributed by atoms with Crippen LogP contribution in [0.3, 0.4) is 0 Å². The number of aliphatic hydroxyl groups excluding tert-OH is 2. The second-order valence-electron chi connectivity index (χ2n) is 3.38. The highest BCUT2D eigenvalue weighted by atomic mass is 19.1. The fourth-order valence-electron chi connectivity index (χ4n) is 1.22. The van der Waals surface area contributed by atoms with Gasteiger partial charge in [-0.2, -0.15) is 5.26 Å². The van der Waals surface area contributed by atoms with Crippen LogP contribution in [0.25, 0.3) is 0 Å². The molecule has 3 nitrogen and oxygen atoms in total. The van der Waals surface area contributed by atoms with Gasteiger partial charge in [-0.05, 0) is 24.1 Å². The average Bonchev–Trinajstić information content (AvgIpc) is 2.21. The zero-order valence-electron chi connectivity index (χ0n) is 8.31. The van der Waals surface area contributed by atoms with Crippen molar-refractivity contribution in [1.82, 2.24) is 0 Å². The van der Waals surface area contributed by atoms with Gasteiger partial charge < -0.3 is 10.2 Å². The van der Waals surface area contributed by atoms with Gasteiger partial charge in [0.15, 0.2) is 0 Å². The van der Waals surface area contributed by atoms with Crippen LogP contribution >= 0.6 is 0 Å². The van der Waals surface area contributed by atoms with E-state index in [9.17, 15) is 14.6 Å². The van der Waals surface area contributed by atoms with Gasteiger partial charge in [0.25, 0.3) is 0 Å². The van der Waals surface area contributed by atoms with Crippen LogP contribution in [0.5, 0.6) is 0 Å². The molecule has 1 rings (SSSR count). The minimum atomic E-state index is -1.22. The van der Waals surface area contributed by atoms with Gasteiger partial charge in [0.2, 0.25) is 0 Å². The highest BCUT2D eigenvalue weighted by molar-refractivity contribution is 5.25. The van der Waals surface area contributed by atoms with E-state index in [1.807, 2.05) is 0 Å². The third kappa shape index (κ3) is 2.75. The smallest absolute Gasteiger partial charge is 0.126 e. The average molecular weight is 209 g/mol. The predicted octanol–water partition coefficient (Wildman–Crippen LogP) is 1.44. The van der Waals surface area contributed by atoms with Gasteiger partial charge in [-0.15, -0.1) is 0 Å². The molecule has 0 fully saturated rings. The van der Waals surface area contributed by atoms with Crippen LogP contribution in [0.1, 0.15) is 23.7 Å². The minimum absolute atomic E-state index is 0.184. The molecule has 0 aromatic heterocycles. The summed E-state index contributed by atoms with van der Waals surface area (Å²) in [6.45, 7) is 1.61. The van der Waals surface area contributed by atoms with E-state index >= 15 is 0 Å². The molecule has 0 spiro atoms. The molecule has 0 amide bonds. The first-order chi connectivity index (χ1) is 7.06. The Morgan fingerprint density at radius 3 is 2.67 bits per heavy atom. The van der Waals surface area contributed by atoms with Gasteiger partial charge in [0, 0.05) is 0 Å². The molecule has 80 valence electrons. The van der Waals surface area contributed by atoms with E-state index in [1.54, 1.807) is 13.0 Å². The largest absolute Gasteiger partial charge is 0.389 e. The number of nitrogens with zero attached hydrogens (tertiary/aromatic N) is 1. The van der Waals surface area contributed by atoms with Crippen molar-refractivity contribution in [3.8, 4) is 6.07 Å². The first-order valence-electron chi connectivity index (χ1n) is 4.55. The maximum absolute atomic E-state index is 13.1. The molecule has 0 aliphatic heterocycles. The molecule has 0 heterocycles. The summed E-state index contributed by atoms with van der Waals surface area (Å²) < 4.78 is 13.1. The molecule has 2 N–H and O–H groups in total. The van der Waals surface area contributed by atoms with Gasteiger partial charge in [0.1, 0.15) is 11.9 Å². The Kier molecular flexibility index (Phi) is 3.78. The van der Waals surface area contributed by atoms with Crippen molar-refractivity contribution >= 4 is 0 Å². The van der Waals surface area contributed by atoms with Crippen molar-refractivity contribution in [2.45, 2.75) is 25.6 Å². The lowest BCUT2D eigenvalue weighted by Crippen LogP contribution is -2.17. The van der Waals surface area contributed by atoms with E-state index in [2.05, 4.69) is 0 Å². The van der Waals surface area contributed by atoms with E-state index < -0.39 is 18.0 Å². The van der Waals surface area contributed by atoms with E-state index in [0.29, 0.717) is 5.56 Å². The summed E-state index contributed by atoms with van der Waals surface area (Å²) in [6, 6.07) is 5.96. The number of aliphatic hydroxyl groups is 2. The van der Waals surface area contributed by atoms with Crippen LogP contribution in [-0.4, -0.2) is 16.3 Å². The van der Waals surface area contributed by atoms with Gasteiger partial charge in [0.05, 0.1) is 18.6 Å². The van der Waals surface area contributed by atoms with Crippen LogP contribution in [0.2, 0.25) is 0 Å². The zero-order valence-corrected chi connectivity index (χ0v) is 8.31. The van der Waals surface area contributed by atoms with Crippen molar-refractivity contribution in [3.05, 3.63) is 35.1 Å². The van der Waals surface area contributed by atoms with E-state index in [-0.39, 0.29) is 12.0 Å². The molecule has 1 aromatic carbocycles. The third-order valence-corrected chi connectivity index (χ3v) is 2.20. The van der Waals surface area contributed by atoms with Crippen molar-refractivity contribution in [1.29, 1.82) is 5.26 Å². The summed E-state index contributed by atoms with van der Waals surface area (Å²) in [7, 11) is 0. The fourth-order valence-corrected chi connectivity index (χ4v) is 1.22. The number of halogens is 1. The SMILES string of the molecule is Cc1ccc(C(O)C(O)CC#N)cc1F. The summed E-state index contributed by atoms with van der Waals surface area (Å²) in [5.74, 6) is -0.435. The number of hydrogen-bond donors (Lipinski definition) is 2. The van der Waals surface area contributed by atoms with Gasteiger partial charge >= 0.3 is 0 Å². The Balaban J connectivity index is 2.87. The number of rotatable bonds is 3. The number of hydrogen-bond acceptors (Lipinski definition) is 3. The number of nitriles is 1. The number of aryl methyl sites for hydroxylation is 1.